The molecule has 1 unspecified atom stereocenters. The van der Waals surface area contributed by atoms with E-state index in [1.165, 1.54) is 19.3 Å². The van der Waals surface area contributed by atoms with Crippen LogP contribution in [0.4, 0.5) is 0 Å². The Morgan fingerprint density at radius 1 is 1.33 bits per heavy atom. The third kappa shape index (κ3) is 3.11. The molecule has 1 aliphatic rings. The Balaban J connectivity index is 2.17. The van der Waals surface area contributed by atoms with Crippen molar-refractivity contribution in [1.82, 2.24) is 4.90 Å². The van der Waals surface area contributed by atoms with Crippen molar-refractivity contribution in [2.45, 2.75) is 45.2 Å². The molecule has 100 valence electrons. The summed E-state index contributed by atoms with van der Waals surface area (Å²) in [6.07, 6.45) is 4.92. The second-order valence-electron chi connectivity index (χ2n) is 4.92. The largest absolute Gasteiger partial charge is 0.506 e. The Kier molecular flexibility index (Phi) is 4.77. The highest BCUT2D eigenvalue weighted by molar-refractivity contribution is 6.35. The van der Waals surface area contributed by atoms with E-state index in [9.17, 15) is 5.11 Å². The number of phenols is 1. The summed E-state index contributed by atoms with van der Waals surface area (Å²) in [6, 6.07) is 4.00. The average Bonchev–Trinajstić information content (AvgIpc) is 2.36. The van der Waals surface area contributed by atoms with Gasteiger partial charge in [0, 0.05) is 23.2 Å². The van der Waals surface area contributed by atoms with E-state index in [0.29, 0.717) is 16.1 Å². The molecule has 2 rings (SSSR count). The zero-order valence-electron chi connectivity index (χ0n) is 10.6. The van der Waals surface area contributed by atoms with Crippen LogP contribution in [0.25, 0.3) is 0 Å². The number of phenolic OH excluding ortho intramolecular Hbond substituents is 1. The van der Waals surface area contributed by atoms with Gasteiger partial charge in [-0.25, -0.2) is 0 Å². The molecule has 0 bridgehead atoms. The first-order valence-electron chi connectivity index (χ1n) is 6.52. The van der Waals surface area contributed by atoms with Gasteiger partial charge in [-0.15, -0.1) is 0 Å². The van der Waals surface area contributed by atoms with Crippen molar-refractivity contribution in [2.75, 3.05) is 6.54 Å². The van der Waals surface area contributed by atoms with E-state index in [2.05, 4.69) is 11.8 Å². The maximum Gasteiger partial charge on any atom is 0.138 e. The Hall–Kier alpha value is -0.440. The van der Waals surface area contributed by atoms with Crippen LogP contribution in [0.5, 0.6) is 5.75 Å². The van der Waals surface area contributed by atoms with Crippen molar-refractivity contribution in [3.63, 3.8) is 0 Å². The van der Waals surface area contributed by atoms with Crippen LogP contribution >= 0.6 is 23.2 Å². The average molecular weight is 288 g/mol. The van der Waals surface area contributed by atoms with Gasteiger partial charge in [0.1, 0.15) is 5.75 Å². The highest BCUT2D eigenvalue weighted by Gasteiger charge is 2.22. The number of nitrogens with zero attached hydrogens (tertiary/aromatic N) is 1. The van der Waals surface area contributed by atoms with Crippen LogP contribution < -0.4 is 0 Å². The molecule has 0 radical (unpaired) electrons. The number of piperidine rings is 1. The number of halogens is 2. The van der Waals surface area contributed by atoms with Crippen molar-refractivity contribution in [1.29, 1.82) is 0 Å². The fourth-order valence-electron chi connectivity index (χ4n) is 2.69. The van der Waals surface area contributed by atoms with Gasteiger partial charge in [0.15, 0.2) is 0 Å². The molecule has 0 aliphatic carbocycles. The molecule has 0 aromatic heterocycles. The Morgan fingerprint density at radius 3 is 2.83 bits per heavy atom. The summed E-state index contributed by atoms with van der Waals surface area (Å²) in [5.41, 5.74) is 0.827. The van der Waals surface area contributed by atoms with Gasteiger partial charge >= 0.3 is 0 Å². The lowest BCUT2D eigenvalue weighted by Gasteiger charge is -2.35. The van der Waals surface area contributed by atoms with Gasteiger partial charge in [0.05, 0.1) is 5.02 Å². The maximum absolute atomic E-state index is 9.99. The molecular formula is C14H19Cl2NO. The predicted molar refractivity (Wildman–Crippen MR) is 76.5 cm³/mol. The number of aromatic hydroxyl groups is 1. The topological polar surface area (TPSA) is 23.5 Å². The van der Waals surface area contributed by atoms with Gasteiger partial charge in [-0.3, -0.25) is 4.90 Å². The lowest BCUT2D eigenvalue weighted by molar-refractivity contribution is 0.135. The zero-order chi connectivity index (χ0) is 13.1. The van der Waals surface area contributed by atoms with Crippen LogP contribution in [-0.4, -0.2) is 22.6 Å². The van der Waals surface area contributed by atoms with Crippen molar-refractivity contribution < 1.29 is 5.11 Å². The molecule has 0 amide bonds. The summed E-state index contributed by atoms with van der Waals surface area (Å²) < 4.78 is 0. The van der Waals surface area contributed by atoms with Crippen LogP contribution in [0.1, 0.15) is 38.2 Å². The zero-order valence-corrected chi connectivity index (χ0v) is 12.1. The third-order valence-corrected chi connectivity index (χ3v) is 4.21. The molecule has 0 saturated carbocycles. The van der Waals surface area contributed by atoms with Crippen molar-refractivity contribution in [2.24, 2.45) is 0 Å². The van der Waals surface area contributed by atoms with E-state index in [1.54, 1.807) is 6.07 Å². The molecule has 1 aromatic rings. The molecule has 0 spiro atoms. The van der Waals surface area contributed by atoms with Gasteiger partial charge in [-0.2, -0.15) is 0 Å². The minimum Gasteiger partial charge on any atom is -0.506 e. The number of benzene rings is 1. The lowest BCUT2D eigenvalue weighted by Crippen LogP contribution is -2.38. The van der Waals surface area contributed by atoms with E-state index in [4.69, 9.17) is 23.2 Å². The van der Waals surface area contributed by atoms with Crippen LogP contribution in [0.2, 0.25) is 10.0 Å². The summed E-state index contributed by atoms with van der Waals surface area (Å²) in [5.74, 6) is 0.168. The maximum atomic E-state index is 9.99. The molecule has 1 saturated heterocycles. The molecule has 18 heavy (non-hydrogen) atoms. The molecule has 1 aliphatic heterocycles. The van der Waals surface area contributed by atoms with E-state index in [1.807, 2.05) is 6.07 Å². The molecule has 1 atom stereocenters. The monoisotopic (exact) mass is 287 g/mol. The van der Waals surface area contributed by atoms with Gasteiger partial charge in [-0.05, 0) is 37.9 Å². The highest BCUT2D eigenvalue weighted by atomic mass is 35.5. The second-order valence-corrected chi connectivity index (χ2v) is 5.77. The van der Waals surface area contributed by atoms with E-state index >= 15 is 0 Å². The number of rotatable bonds is 3. The van der Waals surface area contributed by atoms with E-state index in [0.717, 1.165) is 25.1 Å². The first-order chi connectivity index (χ1) is 8.61. The van der Waals surface area contributed by atoms with Gasteiger partial charge in [-0.1, -0.05) is 36.5 Å². The number of hydrogen-bond acceptors (Lipinski definition) is 2. The van der Waals surface area contributed by atoms with Crippen LogP contribution in [0, 0.1) is 0 Å². The Bertz CT molecular complexity index is 423. The Morgan fingerprint density at radius 2 is 2.11 bits per heavy atom. The summed E-state index contributed by atoms with van der Waals surface area (Å²) in [7, 11) is 0. The quantitative estimate of drug-likeness (QED) is 0.887. The lowest BCUT2D eigenvalue weighted by atomic mass is 9.99. The molecule has 4 heteroatoms. The first kappa shape index (κ1) is 14.0. The molecule has 2 nitrogen and oxygen atoms in total. The summed E-state index contributed by atoms with van der Waals surface area (Å²) in [4.78, 5) is 2.42. The minimum atomic E-state index is 0.168. The molecule has 1 fully saturated rings. The van der Waals surface area contributed by atoms with Crippen LogP contribution in [-0.2, 0) is 6.54 Å². The van der Waals surface area contributed by atoms with Gasteiger partial charge in [0.2, 0.25) is 0 Å². The third-order valence-electron chi connectivity index (χ3n) is 3.70. The van der Waals surface area contributed by atoms with Crippen LogP contribution in [0.15, 0.2) is 12.1 Å². The normalized spacial score (nSPS) is 21.2. The fourth-order valence-corrected chi connectivity index (χ4v) is 3.22. The highest BCUT2D eigenvalue weighted by Crippen LogP contribution is 2.33. The van der Waals surface area contributed by atoms with Crippen LogP contribution in [0.3, 0.4) is 0 Å². The van der Waals surface area contributed by atoms with Gasteiger partial charge in [0.25, 0.3) is 0 Å². The fraction of sp³-hybridized carbons (Fsp3) is 0.571. The SMILES string of the molecule is CCC1CCCCN1Cc1cc(Cl)cc(Cl)c1O. The summed E-state index contributed by atoms with van der Waals surface area (Å²) >= 11 is 12.0. The molecular weight excluding hydrogens is 269 g/mol. The van der Waals surface area contributed by atoms with Crippen molar-refractivity contribution in [3.05, 3.63) is 27.7 Å². The number of likely N-dealkylation sites (tertiary alicyclic amines) is 1. The predicted octanol–water partition coefficient (Wildman–Crippen LogP) is 4.46. The van der Waals surface area contributed by atoms with Crippen molar-refractivity contribution in [3.8, 4) is 5.75 Å². The molecule has 1 heterocycles. The minimum absolute atomic E-state index is 0.168. The summed E-state index contributed by atoms with van der Waals surface area (Å²) in [5, 5.41) is 10.9. The first-order valence-corrected chi connectivity index (χ1v) is 7.28. The van der Waals surface area contributed by atoms with Crippen molar-refractivity contribution >= 4 is 23.2 Å². The molecule has 1 aromatic carbocycles. The number of hydrogen-bond donors (Lipinski definition) is 1. The van der Waals surface area contributed by atoms with E-state index in [-0.39, 0.29) is 5.75 Å². The van der Waals surface area contributed by atoms with E-state index < -0.39 is 0 Å². The summed E-state index contributed by atoms with van der Waals surface area (Å²) in [6.45, 7) is 4.03. The standard InChI is InChI=1S/C14H19Cl2NO/c1-2-12-5-3-4-6-17(12)9-10-7-11(15)8-13(16)14(10)18/h7-8,12,18H,2-6,9H2,1H3. The smallest absolute Gasteiger partial charge is 0.138 e. The Labute approximate surface area is 119 Å². The molecule has 1 N–H and O–H groups in total. The van der Waals surface area contributed by atoms with Gasteiger partial charge < -0.3 is 5.11 Å². The second kappa shape index (κ2) is 6.14.